The monoisotopic (exact) mass is 180 g/mol. The second-order valence-electron chi connectivity index (χ2n) is 3.72. The summed E-state index contributed by atoms with van der Waals surface area (Å²) in [5.41, 5.74) is 1.04. The molecule has 0 atom stereocenters. The molecule has 0 spiro atoms. The van der Waals surface area contributed by atoms with E-state index in [0.29, 0.717) is 5.92 Å². The zero-order valence-corrected chi connectivity index (χ0v) is 8.26. The third-order valence-corrected chi connectivity index (χ3v) is 2.70. The first-order chi connectivity index (χ1) is 6.31. The third kappa shape index (κ3) is 1.61. The van der Waals surface area contributed by atoms with Crippen molar-refractivity contribution < 1.29 is 4.42 Å². The van der Waals surface area contributed by atoms with Crippen LogP contribution in [0.15, 0.2) is 4.42 Å². The second-order valence-corrected chi connectivity index (χ2v) is 3.72. The summed E-state index contributed by atoms with van der Waals surface area (Å²) < 4.78 is 5.69. The largest absolute Gasteiger partial charge is 0.444 e. The number of nitrogens with one attached hydrogen (secondary N) is 1. The Bertz CT molecular complexity index is 289. The molecule has 2 rings (SSSR count). The molecular weight excluding hydrogens is 164 g/mol. The van der Waals surface area contributed by atoms with Gasteiger partial charge in [0.1, 0.15) is 5.76 Å². The number of aromatic nitrogens is 1. The van der Waals surface area contributed by atoms with Crippen LogP contribution in [0.5, 0.6) is 0 Å². The van der Waals surface area contributed by atoms with Gasteiger partial charge in [0.2, 0.25) is 0 Å². The lowest BCUT2D eigenvalue weighted by Crippen LogP contribution is -2.08. The molecule has 3 heteroatoms. The first-order valence-corrected chi connectivity index (χ1v) is 4.92. The maximum atomic E-state index is 5.69. The van der Waals surface area contributed by atoms with Crippen molar-refractivity contribution in [1.29, 1.82) is 0 Å². The highest BCUT2D eigenvalue weighted by atomic mass is 16.4. The molecule has 0 radical (unpaired) electrons. The summed E-state index contributed by atoms with van der Waals surface area (Å²) in [4.78, 5) is 4.44. The van der Waals surface area contributed by atoms with Crippen LogP contribution in [0.3, 0.4) is 0 Å². The predicted octanol–water partition coefficient (Wildman–Crippen LogP) is 1.97. The van der Waals surface area contributed by atoms with Gasteiger partial charge in [-0.25, -0.2) is 4.98 Å². The fourth-order valence-electron chi connectivity index (χ4n) is 1.60. The number of nitrogens with zero attached hydrogens (tertiary/aromatic N) is 1. The van der Waals surface area contributed by atoms with Gasteiger partial charge in [0.25, 0.3) is 0 Å². The van der Waals surface area contributed by atoms with Crippen LogP contribution >= 0.6 is 0 Å². The highest BCUT2D eigenvalue weighted by Crippen LogP contribution is 2.36. The second kappa shape index (κ2) is 3.50. The molecule has 72 valence electrons. The van der Waals surface area contributed by atoms with Crippen molar-refractivity contribution >= 4 is 0 Å². The minimum absolute atomic E-state index is 0.601. The average Bonchev–Trinajstić information content (AvgIpc) is 2.30. The number of hydrogen-bond donors (Lipinski definition) is 1. The van der Waals surface area contributed by atoms with Crippen LogP contribution in [0.25, 0.3) is 0 Å². The van der Waals surface area contributed by atoms with Gasteiger partial charge in [-0.05, 0) is 26.8 Å². The molecule has 1 aliphatic carbocycles. The smallest absolute Gasteiger partial charge is 0.197 e. The Hall–Kier alpha value is -0.830. The predicted molar refractivity (Wildman–Crippen MR) is 50.6 cm³/mol. The maximum Gasteiger partial charge on any atom is 0.197 e. The van der Waals surface area contributed by atoms with Crippen molar-refractivity contribution in [2.24, 2.45) is 0 Å². The standard InChI is InChI=1S/C10H16N2O/c1-7-9(6-11-2)13-10(12-7)8-4-3-5-8/h8,11H,3-6H2,1-2H3. The molecular formula is C10H16N2O. The Morgan fingerprint density at radius 3 is 2.85 bits per heavy atom. The van der Waals surface area contributed by atoms with Gasteiger partial charge in [0, 0.05) is 5.92 Å². The van der Waals surface area contributed by atoms with Crippen LogP contribution in [0.2, 0.25) is 0 Å². The molecule has 13 heavy (non-hydrogen) atoms. The van der Waals surface area contributed by atoms with E-state index in [1.807, 2.05) is 14.0 Å². The van der Waals surface area contributed by atoms with Gasteiger partial charge in [-0.3, -0.25) is 0 Å². The fourth-order valence-corrected chi connectivity index (χ4v) is 1.60. The molecule has 1 heterocycles. The molecule has 1 saturated carbocycles. The first kappa shape index (κ1) is 8.75. The van der Waals surface area contributed by atoms with Crippen LogP contribution < -0.4 is 5.32 Å². The lowest BCUT2D eigenvalue weighted by Gasteiger charge is -2.21. The van der Waals surface area contributed by atoms with Gasteiger partial charge in [-0.2, -0.15) is 0 Å². The summed E-state index contributed by atoms with van der Waals surface area (Å²) in [6.07, 6.45) is 3.82. The molecule has 0 bridgehead atoms. The molecule has 0 amide bonds. The number of oxazole rings is 1. The molecule has 0 saturated heterocycles. The molecule has 0 aliphatic heterocycles. The minimum atomic E-state index is 0.601. The van der Waals surface area contributed by atoms with E-state index >= 15 is 0 Å². The Kier molecular flexibility index (Phi) is 2.36. The van der Waals surface area contributed by atoms with Crippen molar-refractivity contribution in [1.82, 2.24) is 10.3 Å². The number of aryl methyl sites for hydroxylation is 1. The van der Waals surface area contributed by atoms with E-state index in [1.165, 1.54) is 19.3 Å². The highest BCUT2D eigenvalue weighted by Gasteiger charge is 2.25. The molecule has 0 unspecified atom stereocenters. The lowest BCUT2D eigenvalue weighted by atomic mass is 9.85. The van der Waals surface area contributed by atoms with Crippen molar-refractivity contribution in [3.8, 4) is 0 Å². The van der Waals surface area contributed by atoms with Gasteiger partial charge < -0.3 is 9.73 Å². The molecule has 1 aromatic heterocycles. The van der Waals surface area contributed by atoms with E-state index in [0.717, 1.165) is 23.9 Å². The van der Waals surface area contributed by atoms with Crippen molar-refractivity contribution in [3.63, 3.8) is 0 Å². The Labute approximate surface area is 78.5 Å². The van der Waals surface area contributed by atoms with Gasteiger partial charge in [0.05, 0.1) is 12.2 Å². The zero-order chi connectivity index (χ0) is 9.26. The lowest BCUT2D eigenvalue weighted by molar-refractivity contribution is 0.323. The molecule has 1 fully saturated rings. The zero-order valence-electron chi connectivity index (χ0n) is 8.26. The molecule has 3 nitrogen and oxygen atoms in total. The van der Waals surface area contributed by atoms with Crippen molar-refractivity contribution in [3.05, 3.63) is 17.3 Å². The van der Waals surface area contributed by atoms with Gasteiger partial charge in [-0.1, -0.05) is 6.42 Å². The molecule has 0 aromatic carbocycles. The van der Waals surface area contributed by atoms with E-state index in [1.54, 1.807) is 0 Å². The van der Waals surface area contributed by atoms with Crippen molar-refractivity contribution in [2.75, 3.05) is 7.05 Å². The van der Waals surface area contributed by atoms with E-state index in [4.69, 9.17) is 4.42 Å². The van der Waals surface area contributed by atoms with E-state index in [9.17, 15) is 0 Å². The Morgan fingerprint density at radius 1 is 1.54 bits per heavy atom. The summed E-state index contributed by atoms with van der Waals surface area (Å²) >= 11 is 0. The van der Waals surface area contributed by atoms with Gasteiger partial charge in [-0.15, -0.1) is 0 Å². The summed E-state index contributed by atoms with van der Waals surface area (Å²) in [6, 6.07) is 0. The molecule has 1 aromatic rings. The van der Waals surface area contributed by atoms with E-state index in [-0.39, 0.29) is 0 Å². The van der Waals surface area contributed by atoms with Crippen LogP contribution in [0, 0.1) is 6.92 Å². The topological polar surface area (TPSA) is 38.1 Å². The van der Waals surface area contributed by atoms with Crippen LogP contribution in [0.1, 0.15) is 42.5 Å². The number of rotatable bonds is 3. The highest BCUT2D eigenvalue weighted by molar-refractivity contribution is 5.11. The molecule has 1 aliphatic rings. The number of hydrogen-bond acceptors (Lipinski definition) is 3. The fraction of sp³-hybridized carbons (Fsp3) is 0.700. The summed E-state index contributed by atoms with van der Waals surface area (Å²) in [5.74, 6) is 2.54. The van der Waals surface area contributed by atoms with Crippen molar-refractivity contribution in [2.45, 2.75) is 38.6 Å². The van der Waals surface area contributed by atoms with Gasteiger partial charge in [0.15, 0.2) is 5.89 Å². The first-order valence-electron chi connectivity index (χ1n) is 4.92. The quantitative estimate of drug-likeness (QED) is 0.772. The van der Waals surface area contributed by atoms with E-state index < -0.39 is 0 Å². The Balaban J connectivity index is 2.14. The normalized spacial score (nSPS) is 17.4. The van der Waals surface area contributed by atoms with Gasteiger partial charge >= 0.3 is 0 Å². The van der Waals surface area contributed by atoms with Crippen LogP contribution in [0.4, 0.5) is 0 Å². The third-order valence-electron chi connectivity index (χ3n) is 2.70. The summed E-state index contributed by atoms with van der Waals surface area (Å²) in [5, 5.41) is 3.08. The minimum Gasteiger partial charge on any atom is -0.444 e. The van der Waals surface area contributed by atoms with Crippen LogP contribution in [-0.4, -0.2) is 12.0 Å². The summed E-state index contributed by atoms with van der Waals surface area (Å²) in [6.45, 7) is 2.80. The SMILES string of the molecule is CNCc1oc(C2CCC2)nc1C. The van der Waals surface area contributed by atoms with E-state index in [2.05, 4.69) is 10.3 Å². The molecule has 1 N–H and O–H groups in total. The average molecular weight is 180 g/mol. The Morgan fingerprint density at radius 2 is 2.31 bits per heavy atom. The van der Waals surface area contributed by atoms with Crippen LogP contribution in [-0.2, 0) is 6.54 Å². The summed E-state index contributed by atoms with van der Waals surface area (Å²) in [7, 11) is 1.92. The maximum absolute atomic E-state index is 5.69.